The number of hydrogen-bond acceptors (Lipinski definition) is 7. The van der Waals surface area contributed by atoms with Crippen LogP contribution in [0.15, 0.2) is 22.7 Å². The SMILES string of the molecule is Cc1noc(C)c1CCCNc1ccc([N+](=O)[O-])cc1[N+](=O)[O-]. The molecular weight excluding hydrogens is 304 g/mol. The van der Waals surface area contributed by atoms with Crippen molar-refractivity contribution < 1.29 is 14.4 Å². The Morgan fingerprint density at radius 3 is 2.52 bits per heavy atom. The highest BCUT2D eigenvalue weighted by Crippen LogP contribution is 2.28. The van der Waals surface area contributed by atoms with Crippen LogP contribution in [-0.4, -0.2) is 21.5 Å². The minimum Gasteiger partial charge on any atom is -0.379 e. The highest BCUT2D eigenvalue weighted by Gasteiger charge is 2.19. The zero-order valence-electron chi connectivity index (χ0n) is 12.7. The quantitative estimate of drug-likeness (QED) is 0.472. The molecule has 9 heteroatoms. The van der Waals surface area contributed by atoms with Gasteiger partial charge < -0.3 is 9.84 Å². The van der Waals surface area contributed by atoms with Crippen LogP contribution in [0.5, 0.6) is 0 Å². The number of rotatable bonds is 7. The van der Waals surface area contributed by atoms with Crippen molar-refractivity contribution in [2.45, 2.75) is 26.7 Å². The van der Waals surface area contributed by atoms with Crippen molar-refractivity contribution in [3.8, 4) is 0 Å². The maximum absolute atomic E-state index is 11.0. The van der Waals surface area contributed by atoms with E-state index in [0.29, 0.717) is 6.54 Å². The van der Waals surface area contributed by atoms with Gasteiger partial charge in [-0.1, -0.05) is 5.16 Å². The second-order valence-electron chi connectivity index (χ2n) is 5.05. The first-order valence-corrected chi connectivity index (χ1v) is 6.98. The first-order chi connectivity index (χ1) is 10.9. The van der Waals surface area contributed by atoms with Crippen LogP contribution in [0, 0.1) is 34.1 Å². The number of benzene rings is 1. The summed E-state index contributed by atoms with van der Waals surface area (Å²) < 4.78 is 5.07. The maximum atomic E-state index is 11.0. The fourth-order valence-electron chi connectivity index (χ4n) is 2.28. The summed E-state index contributed by atoms with van der Waals surface area (Å²) in [4.78, 5) is 20.4. The Morgan fingerprint density at radius 2 is 1.96 bits per heavy atom. The Morgan fingerprint density at radius 1 is 1.22 bits per heavy atom. The fourth-order valence-corrected chi connectivity index (χ4v) is 2.28. The van der Waals surface area contributed by atoms with Gasteiger partial charge in [0.1, 0.15) is 11.4 Å². The lowest BCUT2D eigenvalue weighted by Crippen LogP contribution is -2.06. The molecule has 0 fully saturated rings. The Bertz CT molecular complexity index is 721. The van der Waals surface area contributed by atoms with Crippen LogP contribution in [0.1, 0.15) is 23.4 Å². The van der Waals surface area contributed by atoms with E-state index in [2.05, 4.69) is 10.5 Å². The third-order valence-corrected chi connectivity index (χ3v) is 3.49. The second-order valence-corrected chi connectivity index (χ2v) is 5.05. The van der Waals surface area contributed by atoms with Crippen molar-refractivity contribution in [1.29, 1.82) is 0 Å². The van der Waals surface area contributed by atoms with Crippen LogP contribution >= 0.6 is 0 Å². The smallest absolute Gasteiger partial charge is 0.299 e. The van der Waals surface area contributed by atoms with Gasteiger partial charge in [-0.3, -0.25) is 20.2 Å². The number of nitrogens with zero attached hydrogens (tertiary/aromatic N) is 3. The van der Waals surface area contributed by atoms with E-state index >= 15 is 0 Å². The molecule has 1 N–H and O–H groups in total. The highest BCUT2D eigenvalue weighted by molar-refractivity contribution is 5.65. The summed E-state index contributed by atoms with van der Waals surface area (Å²) >= 11 is 0. The summed E-state index contributed by atoms with van der Waals surface area (Å²) in [5.74, 6) is 0.767. The second kappa shape index (κ2) is 6.86. The number of anilines is 1. The molecule has 0 unspecified atom stereocenters. The van der Waals surface area contributed by atoms with Crippen molar-refractivity contribution in [3.05, 3.63) is 55.4 Å². The normalized spacial score (nSPS) is 10.5. The predicted octanol–water partition coefficient (Wildman–Crippen LogP) is 3.15. The largest absolute Gasteiger partial charge is 0.379 e. The van der Waals surface area contributed by atoms with Gasteiger partial charge in [0.05, 0.1) is 21.6 Å². The van der Waals surface area contributed by atoms with Gasteiger partial charge >= 0.3 is 0 Å². The molecular formula is C14H16N4O5. The summed E-state index contributed by atoms with van der Waals surface area (Å²) in [6, 6.07) is 3.55. The molecule has 0 aliphatic heterocycles. The van der Waals surface area contributed by atoms with Gasteiger partial charge in [-0.2, -0.15) is 0 Å². The van der Waals surface area contributed by atoms with E-state index in [9.17, 15) is 20.2 Å². The molecule has 2 aromatic rings. The van der Waals surface area contributed by atoms with Crippen LogP contribution in [0.2, 0.25) is 0 Å². The lowest BCUT2D eigenvalue weighted by molar-refractivity contribution is -0.393. The summed E-state index contributed by atoms with van der Waals surface area (Å²) in [5.41, 5.74) is 1.52. The Hall–Kier alpha value is -2.97. The van der Waals surface area contributed by atoms with E-state index in [1.165, 1.54) is 12.1 Å². The van der Waals surface area contributed by atoms with Gasteiger partial charge in [0.2, 0.25) is 0 Å². The molecule has 0 aliphatic rings. The van der Waals surface area contributed by atoms with Crippen LogP contribution in [0.25, 0.3) is 0 Å². The molecule has 1 heterocycles. The van der Waals surface area contributed by atoms with E-state index in [1.54, 1.807) is 0 Å². The average molecular weight is 320 g/mol. The summed E-state index contributed by atoms with van der Waals surface area (Å²) in [6.07, 6.45) is 1.45. The van der Waals surface area contributed by atoms with Crippen molar-refractivity contribution in [3.63, 3.8) is 0 Å². The third kappa shape index (κ3) is 3.82. The zero-order chi connectivity index (χ0) is 17.0. The maximum Gasteiger partial charge on any atom is 0.299 e. The van der Waals surface area contributed by atoms with Gasteiger partial charge in [0.15, 0.2) is 0 Å². The number of aryl methyl sites for hydroxylation is 2. The number of non-ortho nitro benzene ring substituents is 1. The summed E-state index contributed by atoms with van der Waals surface area (Å²) in [7, 11) is 0. The van der Waals surface area contributed by atoms with E-state index < -0.39 is 9.85 Å². The average Bonchev–Trinajstić information content (AvgIpc) is 2.82. The molecule has 0 amide bonds. The molecule has 122 valence electrons. The molecule has 1 aromatic heterocycles. The molecule has 9 nitrogen and oxygen atoms in total. The number of hydrogen-bond donors (Lipinski definition) is 1. The van der Waals surface area contributed by atoms with Gasteiger partial charge in [0.25, 0.3) is 11.4 Å². The van der Waals surface area contributed by atoms with Gasteiger partial charge in [-0.25, -0.2) is 0 Å². The van der Waals surface area contributed by atoms with E-state index in [0.717, 1.165) is 35.9 Å². The molecule has 0 saturated heterocycles. The monoisotopic (exact) mass is 320 g/mol. The van der Waals surface area contributed by atoms with Crippen molar-refractivity contribution in [2.75, 3.05) is 11.9 Å². The summed E-state index contributed by atoms with van der Waals surface area (Å²) in [6.45, 7) is 4.19. The molecule has 0 bridgehead atoms. The van der Waals surface area contributed by atoms with Crippen molar-refractivity contribution >= 4 is 17.1 Å². The molecule has 2 rings (SSSR count). The van der Waals surface area contributed by atoms with E-state index in [4.69, 9.17) is 4.52 Å². The van der Waals surface area contributed by atoms with E-state index in [1.807, 2.05) is 13.8 Å². The molecule has 23 heavy (non-hydrogen) atoms. The Labute approximate surface area is 131 Å². The highest BCUT2D eigenvalue weighted by atomic mass is 16.6. The first-order valence-electron chi connectivity index (χ1n) is 6.98. The number of aromatic nitrogens is 1. The standard InChI is InChI=1S/C14H16N4O5/c1-9-12(10(2)23-16-9)4-3-7-15-13-6-5-11(17(19)20)8-14(13)18(21)22/h5-6,8,15H,3-4,7H2,1-2H3. The molecule has 0 aliphatic carbocycles. The van der Waals surface area contributed by atoms with E-state index in [-0.39, 0.29) is 17.1 Å². The molecule has 0 radical (unpaired) electrons. The predicted molar refractivity (Wildman–Crippen MR) is 82.5 cm³/mol. The lowest BCUT2D eigenvalue weighted by atomic mass is 10.1. The Balaban J connectivity index is 2.00. The topological polar surface area (TPSA) is 124 Å². The first kappa shape index (κ1) is 16.4. The zero-order valence-corrected chi connectivity index (χ0v) is 12.7. The molecule has 0 atom stereocenters. The third-order valence-electron chi connectivity index (χ3n) is 3.49. The number of nitro benzene ring substituents is 2. The Kier molecular flexibility index (Phi) is 4.89. The molecule has 0 spiro atoms. The minimum absolute atomic E-state index is 0.263. The van der Waals surface area contributed by atoms with Crippen LogP contribution in [-0.2, 0) is 6.42 Å². The van der Waals surface area contributed by atoms with Crippen molar-refractivity contribution in [1.82, 2.24) is 5.16 Å². The fraction of sp³-hybridized carbons (Fsp3) is 0.357. The number of nitrogens with one attached hydrogen (secondary N) is 1. The van der Waals surface area contributed by atoms with Crippen molar-refractivity contribution in [2.24, 2.45) is 0 Å². The van der Waals surface area contributed by atoms with Crippen LogP contribution in [0.4, 0.5) is 17.1 Å². The van der Waals surface area contributed by atoms with Gasteiger partial charge in [0, 0.05) is 18.2 Å². The van der Waals surface area contributed by atoms with Crippen LogP contribution < -0.4 is 5.32 Å². The summed E-state index contributed by atoms with van der Waals surface area (Å²) in [5, 5.41) is 28.5. The van der Waals surface area contributed by atoms with Crippen LogP contribution in [0.3, 0.4) is 0 Å². The molecule has 0 saturated carbocycles. The lowest BCUT2D eigenvalue weighted by Gasteiger charge is -2.07. The van der Waals surface area contributed by atoms with Gasteiger partial charge in [-0.15, -0.1) is 0 Å². The number of nitro groups is 2. The van der Waals surface area contributed by atoms with Gasteiger partial charge in [-0.05, 0) is 32.8 Å². The minimum atomic E-state index is -0.658. The molecule has 1 aromatic carbocycles.